The number of halogens is 1. The molecular weight excluding hydrogens is 277 g/mol. The normalized spacial score (nSPS) is 10.7. The molecule has 2 aromatic carbocycles. The van der Waals surface area contributed by atoms with E-state index in [4.69, 9.17) is 5.11 Å². The van der Waals surface area contributed by atoms with Crippen LogP contribution in [0.3, 0.4) is 0 Å². The number of carbonyl (C=O) groups is 1. The van der Waals surface area contributed by atoms with Crippen LogP contribution < -0.4 is 5.32 Å². The topological polar surface area (TPSA) is 49.3 Å². The Morgan fingerprint density at radius 2 is 1.95 bits per heavy atom. The van der Waals surface area contributed by atoms with Crippen LogP contribution in [0.4, 0.5) is 10.1 Å². The highest BCUT2D eigenvalue weighted by molar-refractivity contribution is 7.20. The molecule has 3 rings (SSSR count). The summed E-state index contributed by atoms with van der Waals surface area (Å²) >= 11 is 1.35. The maximum Gasteiger partial charge on any atom is 0.265 e. The highest BCUT2D eigenvalue weighted by atomic mass is 32.1. The summed E-state index contributed by atoms with van der Waals surface area (Å²) in [5.41, 5.74) is 0.0465. The molecule has 0 atom stereocenters. The molecule has 0 radical (unpaired) electrons. The Hall–Kier alpha value is -2.40. The monoisotopic (exact) mass is 287 g/mol. The van der Waals surface area contributed by atoms with Crippen LogP contribution in [0.15, 0.2) is 48.5 Å². The standard InChI is InChI=1S/C15H10FNO2S/c16-11-8-10(18)5-6-12(11)17-15(19)14-7-9-3-1-2-4-13(9)20-14/h1-8,18H,(H,17,19). The molecule has 2 N–H and O–H groups in total. The van der Waals surface area contributed by atoms with E-state index in [9.17, 15) is 9.18 Å². The Kier molecular flexibility index (Phi) is 3.12. The van der Waals surface area contributed by atoms with E-state index in [0.717, 1.165) is 16.2 Å². The molecule has 0 bridgehead atoms. The average molecular weight is 287 g/mol. The Bertz CT molecular complexity index is 764. The highest BCUT2D eigenvalue weighted by Gasteiger charge is 2.12. The molecule has 0 saturated carbocycles. The van der Waals surface area contributed by atoms with Crippen molar-refractivity contribution in [2.45, 2.75) is 0 Å². The van der Waals surface area contributed by atoms with Crippen molar-refractivity contribution in [2.24, 2.45) is 0 Å². The SMILES string of the molecule is O=C(Nc1ccc(O)cc1F)c1cc2ccccc2s1. The maximum absolute atomic E-state index is 13.6. The fraction of sp³-hybridized carbons (Fsp3) is 0. The molecule has 20 heavy (non-hydrogen) atoms. The summed E-state index contributed by atoms with van der Waals surface area (Å²) in [6.45, 7) is 0. The van der Waals surface area contributed by atoms with Gasteiger partial charge in [-0.3, -0.25) is 4.79 Å². The number of benzene rings is 2. The molecule has 1 heterocycles. The van der Waals surface area contributed by atoms with Gasteiger partial charge in [-0.05, 0) is 29.7 Å². The third-order valence-corrected chi connectivity index (χ3v) is 3.97. The van der Waals surface area contributed by atoms with Gasteiger partial charge in [0.15, 0.2) is 0 Å². The largest absolute Gasteiger partial charge is 0.508 e. The fourth-order valence-electron chi connectivity index (χ4n) is 1.88. The van der Waals surface area contributed by atoms with Gasteiger partial charge >= 0.3 is 0 Å². The van der Waals surface area contributed by atoms with E-state index in [0.29, 0.717) is 4.88 Å². The van der Waals surface area contributed by atoms with Crippen molar-refractivity contribution in [3.63, 3.8) is 0 Å². The van der Waals surface area contributed by atoms with Crippen molar-refractivity contribution >= 4 is 33.0 Å². The van der Waals surface area contributed by atoms with Crippen LogP contribution in [0, 0.1) is 5.82 Å². The van der Waals surface area contributed by atoms with Crippen molar-refractivity contribution in [2.75, 3.05) is 5.32 Å². The molecule has 3 nitrogen and oxygen atoms in total. The summed E-state index contributed by atoms with van der Waals surface area (Å²) in [6.07, 6.45) is 0. The van der Waals surface area contributed by atoms with Crippen molar-refractivity contribution in [1.82, 2.24) is 0 Å². The van der Waals surface area contributed by atoms with Gasteiger partial charge in [-0.1, -0.05) is 18.2 Å². The van der Waals surface area contributed by atoms with Gasteiger partial charge in [-0.2, -0.15) is 0 Å². The van der Waals surface area contributed by atoms with Crippen LogP contribution in [-0.4, -0.2) is 11.0 Å². The van der Waals surface area contributed by atoms with Crippen molar-refractivity contribution < 1.29 is 14.3 Å². The van der Waals surface area contributed by atoms with Gasteiger partial charge in [0.1, 0.15) is 11.6 Å². The molecule has 5 heteroatoms. The lowest BCUT2D eigenvalue weighted by Crippen LogP contribution is -2.11. The van der Waals surface area contributed by atoms with Gasteiger partial charge in [0.2, 0.25) is 0 Å². The number of nitrogens with one attached hydrogen (secondary N) is 1. The van der Waals surface area contributed by atoms with E-state index < -0.39 is 5.82 Å². The molecule has 0 aliphatic heterocycles. The molecule has 1 aromatic heterocycles. The van der Waals surface area contributed by atoms with Crippen LogP contribution in [-0.2, 0) is 0 Å². The number of phenolic OH excluding ortho intramolecular Hbond substituents is 1. The van der Waals surface area contributed by atoms with Gasteiger partial charge in [-0.25, -0.2) is 4.39 Å². The van der Waals surface area contributed by atoms with Gasteiger partial charge in [0.05, 0.1) is 10.6 Å². The molecule has 0 aliphatic carbocycles. The van der Waals surface area contributed by atoms with E-state index in [1.807, 2.05) is 24.3 Å². The number of amides is 1. The summed E-state index contributed by atoms with van der Waals surface area (Å²) in [6, 6.07) is 13.0. The van der Waals surface area contributed by atoms with Gasteiger partial charge in [-0.15, -0.1) is 11.3 Å². The number of carbonyl (C=O) groups excluding carboxylic acids is 1. The molecule has 0 fully saturated rings. The number of anilines is 1. The summed E-state index contributed by atoms with van der Waals surface area (Å²) < 4.78 is 14.6. The first-order valence-electron chi connectivity index (χ1n) is 5.92. The van der Waals surface area contributed by atoms with Gasteiger partial charge < -0.3 is 10.4 Å². The molecule has 0 unspecified atom stereocenters. The van der Waals surface area contributed by atoms with Crippen LogP contribution in [0.25, 0.3) is 10.1 Å². The third kappa shape index (κ3) is 2.35. The molecule has 0 spiro atoms. The first-order valence-corrected chi connectivity index (χ1v) is 6.73. The summed E-state index contributed by atoms with van der Waals surface area (Å²) in [5, 5.41) is 12.6. The van der Waals surface area contributed by atoms with E-state index in [1.165, 1.54) is 23.5 Å². The zero-order valence-electron chi connectivity index (χ0n) is 10.3. The van der Waals surface area contributed by atoms with Crippen LogP contribution >= 0.6 is 11.3 Å². The van der Waals surface area contributed by atoms with Crippen molar-refractivity contribution in [3.8, 4) is 5.75 Å². The predicted octanol–water partition coefficient (Wildman–Crippen LogP) is 4.00. The van der Waals surface area contributed by atoms with Gasteiger partial charge in [0.25, 0.3) is 5.91 Å². The molecular formula is C15H10FNO2S. The van der Waals surface area contributed by atoms with E-state index >= 15 is 0 Å². The zero-order valence-corrected chi connectivity index (χ0v) is 11.1. The Morgan fingerprint density at radius 1 is 1.15 bits per heavy atom. The average Bonchev–Trinajstić information content (AvgIpc) is 2.86. The molecule has 3 aromatic rings. The molecule has 0 saturated heterocycles. The second kappa shape index (κ2) is 4.94. The molecule has 1 amide bonds. The minimum Gasteiger partial charge on any atom is -0.508 e. The number of fused-ring (bicyclic) bond motifs is 1. The Balaban J connectivity index is 1.89. The van der Waals surface area contributed by atoms with E-state index in [1.54, 1.807) is 6.07 Å². The quantitative estimate of drug-likeness (QED) is 0.700. The number of phenols is 1. The van der Waals surface area contributed by atoms with Crippen LogP contribution in [0.2, 0.25) is 0 Å². The maximum atomic E-state index is 13.6. The van der Waals surface area contributed by atoms with Gasteiger partial charge in [0, 0.05) is 10.8 Å². The highest BCUT2D eigenvalue weighted by Crippen LogP contribution is 2.26. The number of hydrogen-bond donors (Lipinski definition) is 2. The minimum absolute atomic E-state index is 0.0465. The first-order chi connectivity index (χ1) is 9.63. The van der Waals surface area contributed by atoms with Crippen LogP contribution in [0.1, 0.15) is 9.67 Å². The lowest BCUT2D eigenvalue weighted by atomic mass is 10.2. The minimum atomic E-state index is -0.667. The summed E-state index contributed by atoms with van der Waals surface area (Å²) in [7, 11) is 0. The third-order valence-electron chi connectivity index (χ3n) is 2.85. The van der Waals surface area contributed by atoms with Crippen LogP contribution in [0.5, 0.6) is 5.75 Å². The lowest BCUT2D eigenvalue weighted by Gasteiger charge is -2.04. The molecule has 0 aliphatic rings. The fourth-order valence-corrected chi connectivity index (χ4v) is 2.84. The zero-order chi connectivity index (χ0) is 14.1. The van der Waals surface area contributed by atoms with Crippen molar-refractivity contribution in [1.29, 1.82) is 0 Å². The second-order valence-electron chi connectivity index (χ2n) is 4.27. The second-order valence-corrected chi connectivity index (χ2v) is 5.35. The summed E-state index contributed by atoms with van der Waals surface area (Å²) in [4.78, 5) is 12.6. The molecule has 100 valence electrons. The predicted molar refractivity (Wildman–Crippen MR) is 77.8 cm³/mol. The van der Waals surface area contributed by atoms with Crippen molar-refractivity contribution in [3.05, 3.63) is 59.2 Å². The van der Waals surface area contributed by atoms with E-state index in [2.05, 4.69) is 5.32 Å². The number of hydrogen-bond acceptors (Lipinski definition) is 3. The number of aromatic hydroxyl groups is 1. The number of thiophene rings is 1. The Labute approximate surface area is 118 Å². The smallest absolute Gasteiger partial charge is 0.265 e. The number of rotatable bonds is 2. The Morgan fingerprint density at radius 3 is 2.70 bits per heavy atom. The summed E-state index contributed by atoms with van der Waals surface area (Å²) in [5.74, 6) is -1.21. The van der Waals surface area contributed by atoms with E-state index in [-0.39, 0.29) is 17.3 Å². The first kappa shape index (κ1) is 12.6. The lowest BCUT2D eigenvalue weighted by molar-refractivity contribution is 0.103.